The minimum Gasteiger partial charge on any atom is -0.378 e. The summed E-state index contributed by atoms with van der Waals surface area (Å²) in [6.07, 6.45) is 1.60. The first-order valence-corrected chi connectivity index (χ1v) is 8.99. The van der Waals surface area contributed by atoms with Crippen molar-refractivity contribution < 1.29 is 13.2 Å². The van der Waals surface area contributed by atoms with Crippen molar-refractivity contribution in [3.05, 3.63) is 29.3 Å². The number of nitrogens with one attached hydrogen (secondary N) is 1. The lowest BCUT2D eigenvalue weighted by Gasteiger charge is -2.32. The maximum atomic E-state index is 12.6. The summed E-state index contributed by atoms with van der Waals surface area (Å²) < 4.78 is 33.8. The van der Waals surface area contributed by atoms with Crippen LogP contribution in [0.25, 0.3) is 0 Å². The summed E-state index contributed by atoms with van der Waals surface area (Å²) in [4.78, 5) is 0.384. The normalized spacial score (nSPS) is 23.5. The van der Waals surface area contributed by atoms with Gasteiger partial charge < -0.3 is 4.74 Å². The zero-order chi connectivity index (χ0) is 15.6. The summed E-state index contributed by atoms with van der Waals surface area (Å²) in [6.45, 7) is 8.55. The minimum atomic E-state index is -3.47. The number of sulfonamides is 1. The summed E-state index contributed by atoms with van der Waals surface area (Å²) >= 11 is 0. The summed E-state index contributed by atoms with van der Waals surface area (Å²) in [5.41, 5.74) is 1.73. The monoisotopic (exact) mass is 311 g/mol. The molecule has 1 aromatic rings. The average Bonchev–Trinajstić information content (AvgIpc) is 2.41. The highest BCUT2D eigenvalue weighted by Gasteiger charge is 2.29. The van der Waals surface area contributed by atoms with E-state index < -0.39 is 10.0 Å². The summed E-state index contributed by atoms with van der Waals surface area (Å²) in [6, 6.07) is 5.47. The molecule has 0 bridgehead atoms. The van der Waals surface area contributed by atoms with Gasteiger partial charge in [-0.25, -0.2) is 13.1 Å². The zero-order valence-electron chi connectivity index (χ0n) is 13.2. The molecule has 0 saturated carbocycles. The standard InChI is InChI=1S/C16H25NO3S/c1-11(2)15-10-14(7-8-20-15)17-21(18,19)16-9-12(3)5-6-13(16)4/h5-6,9,11,14-15,17H,7-8,10H2,1-4H3/t14-,15-/m1/s1. The molecule has 1 aliphatic rings. The van der Waals surface area contributed by atoms with Gasteiger partial charge in [-0.3, -0.25) is 0 Å². The first kappa shape index (κ1) is 16.5. The molecule has 0 aromatic heterocycles. The molecule has 1 N–H and O–H groups in total. The van der Waals surface area contributed by atoms with Gasteiger partial charge in [-0.1, -0.05) is 26.0 Å². The Hall–Kier alpha value is -0.910. The fourth-order valence-corrected chi connectivity index (χ4v) is 4.29. The van der Waals surface area contributed by atoms with Crippen LogP contribution < -0.4 is 4.72 Å². The largest absolute Gasteiger partial charge is 0.378 e. The number of benzene rings is 1. The van der Waals surface area contributed by atoms with Gasteiger partial charge in [0.25, 0.3) is 0 Å². The zero-order valence-corrected chi connectivity index (χ0v) is 14.0. The van der Waals surface area contributed by atoms with Gasteiger partial charge >= 0.3 is 0 Å². The van der Waals surface area contributed by atoms with E-state index in [1.807, 2.05) is 26.0 Å². The van der Waals surface area contributed by atoms with E-state index in [1.54, 1.807) is 6.07 Å². The first-order chi connectivity index (χ1) is 9.79. The maximum absolute atomic E-state index is 12.6. The van der Waals surface area contributed by atoms with Gasteiger partial charge in [0.2, 0.25) is 10.0 Å². The van der Waals surface area contributed by atoms with Gasteiger partial charge in [0.15, 0.2) is 0 Å². The second-order valence-electron chi connectivity index (χ2n) is 6.26. The molecular weight excluding hydrogens is 286 g/mol. The Morgan fingerprint density at radius 1 is 1.29 bits per heavy atom. The van der Waals surface area contributed by atoms with Gasteiger partial charge in [0.1, 0.15) is 0 Å². The fraction of sp³-hybridized carbons (Fsp3) is 0.625. The molecular formula is C16H25NO3S. The first-order valence-electron chi connectivity index (χ1n) is 7.51. The summed E-state index contributed by atoms with van der Waals surface area (Å²) in [5, 5.41) is 0. The van der Waals surface area contributed by atoms with Crippen LogP contribution in [-0.2, 0) is 14.8 Å². The van der Waals surface area contributed by atoms with Crippen LogP contribution in [0.15, 0.2) is 23.1 Å². The smallest absolute Gasteiger partial charge is 0.241 e. The van der Waals surface area contributed by atoms with Crippen molar-refractivity contribution in [2.45, 2.75) is 57.6 Å². The lowest BCUT2D eigenvalue weighted by molar-refractivity contribution is -0.0211. The quantitative estimate of drug-likeness (QED) is 0.930. The van der Waals surface area contributed by atoms with Crippen LogP contribution in [0, 0.1) is 19.8 Å². The highest BCUT2D eigenvalue weighted by molar-refractivity contribution is 7.89. The highest BCUT2D eigenvalue weighted by Crippen LogP contribution is 2.23. The van der Waals surface area contributed by atoms with Gasteiger partial charge in [-0.05, 0) is 49.8 Å². The van der Waals surface area contributed by atoms with E-state index in [0.717, 1.165) is 24.0 Å². The molecule has 2 atom stereocenters. The molecule has 0 aliphatic carbocycles. The Morgan fingerprint density at radius 2 is 2.00 bits per heavy atom. The second-order valence-corrected chi connectivity index (χ2v) is 7.95. The molecule has 2 rings (SSSR count). The topological polar surface area (TPSA) is 55.4 Å². The number of hydrogen-bond acceptors (Lipinski definition) is 3. The van der Waals surface area contributed by atoms with Crippen LogP contribution in [0.4, 0.5) is 0 Å². The molecule has 1 aliphatic heterocycles. The Balaban J connectivity index is 2.15. The second kappa shape index (κ2) is 6.46. The van der Waals surface area contributed by atoms with Crippen molar-refractivity contribution in [1.29, 1.82) is 0 Å². The van der Waals surface area contributed by atoms with E-state index in [0.29, 0.717) is 17.4 Å². The number of hydrogen-bond donors (Lipinski definition) is 1. The SMILES string of the molecule is Cc1ccc(C)c(S(=O)(=O)N[C@@H]2CCO[C@@H](C(C)C)C2)c1. The van der Waals surface area contributed by atoms with Crippen LogP contribution in [0.5, 0.6) is 0 Å². The van der Waals surface area contributed by atoms with Crippen molar-refractivity contribution in [2.75, 3.05) is 6.61 Å². The Bertz CT molecular complexity index is 596. The Kier molecular flexibility index (Phi) is 5.07. The molecule has 1 aromatic carbocycles. The van der Waals surface area contributed by atoms with Crippen LogP contribution >= 0.6 is 0 Å². The minimum absolute atomic E-state index is 0.0453. The molecule has 0 spiro atoms. The number of aryl methyl sites for hydroxylation is 2. The third-order valence-corrected chi connectivity index (χ3v) is 5.68. The molecule has 5 heteroatoms. The average molecular weight is 311 g/mol. The lowest BCUT2D eigenvalue weighted by Crippen LogP contribution is -2.43. The van der Waals surface area contributed by atoms with E-state index >= 15 is 0 Å². The van der Waals surface area contributed by atoms with Crippen molar-refractivity contribution in [3.8, 4) is 0 Å². The molecule has 1 heterocycles. The van der Waals surface area contributed by atoms with Gasteiger partial charge in [0, 0.05) is 12.6 Å². The predicted octanol–water partition coefficient (Wildman–Crippen LogP) is 2.79. The van der Waals surface area contributed by atoms with Crippen LogP contribution in [0.1, 0.15) is 37.8 Å². The Morgan fingerprint density at radius 3 is 2.67 bits per heavy atom. The molecule has 1 saturated heterocycles. The van der Waals surface area contributed by atoms with Crippen LogP contribution in [0.2, 0.25) is 0 Å². The van der Waals surface area contributed by atoms with Crippen LogP contribution in [-0.4, -0.2) is 27.2 Å². The van der Waals surface area contributed by atoms with E-state index in [1.165, 1.54) is 0 Å². The predicted molar refractivity (Wildman–Crippen MR) is 83.8 cm³/mol. The number of rotatable bonds is 4. The molecule has 118 valence electrons. The molecule has 0 radical (unpaired) electrons. The van der Waals surface area contributed by atoms with E-state index in [-0.39, 0.29) is 12.1 Å². The Labute approximate surface area is 127 Å². The van der Waals surface area contributed by atoms with Gasteiger partial charge in [-0.15, -0.1) is 0 Å². The maximum Gasteiger partial charge on any atom is 0.241 e. The van der Waals surface area contributed by atoms with Crippen molar-refractivity contribution >= 4 is 10.0 Å². The lowest BCUT2D eigenvalue weighted by atomic mass is 9.96. The molecule has 1 fully saturated rings. The van der Waals surface area contributed by atoms with Crippen molar-refractivity contribution in [1.82, 2.24) is 4.72 Å². The number of ether oxygens (including phenoxy) is 1. The highest BCUT2D eigenvalue weighted by atomic mass is 32.2. The molecule has 21 heavy (non-hydrogen) atoms. The van der Waals surface area contributed by atoms with Crippen LogP contribution in [0.3, 0.4) is 0 Å². The van der Waals surface area contributed by atoms with Crippen molar-refractivity contribution in [2.24, 2.45) is 5.92 Å². The third-order valence-electron chi connectivity index (χ3n) is 4.01. The van der Waals surface area contributed by atoms with Crippen molar-refractivity contribution in [3.63, 3.8) is 0 Å². The van der Waals surface area contributed by atoms with E-state index in [2.05, 4.69) is 18.6 Å². The molecule has 0 amide bonds. The molecule has 4 nitrogen and oxygen atoms in total. The van der Waals surface area contributed by atoms with E-state index in [9.17, 15) is 8.42 Å². The van der Waals surface area contributed by atoms with Gasteiger partial charge in [0.05, 0.1) is 11.0 Å². The van der Waals surface area contributed by atoms with Gasteiger partial charge in [-0.2, -0.15) is 0 Å². The van der Waals surface area contributed by atoms with E-state index in [4.69, 9.17) is 4.74 Å². The fourth-order valence-electron chi connectivity index (χ4n) is 2.68. The summed E-state index contributed by atoms with van der Waals surface area (Å²) in [7, 11) is -3.47. The third kappa shape index (κ3) is 4.05. The summed E-state index contributed by atoms with van der Waals surface area (Å²) in [5.74, 6) is 0.401. The molecule has 0 unspecified atom stereocenters.